The Labute approximate surface area is 139 Å². The van der Waals surface area contributed by atoms with Gasteiger partial charge in [-0.15, -0.1) is 11.3 Å². The van der Waals surface area contributed by atoms with E-state index in [9.17, 15) is 9.59 Å². The molecule has 0 atom stereocenters. The van der Waals surface area contributed by atoms with Gasteiger partial charge in [-0.05, 0) is 37.1 Å². The summed E-state index contributed by atoms with van der Waals surface area (Å²) >= 11 is 1.33. The van der Waals surface area contributed by atoms with Gasteiger partial charge in [-0.2, -0.15) is 0 Å². The fraction of sp³-hybridized carbons (Fsp3) is 0.294. The van der Waals surface area contributed by atoms with E-state index in [4.69, 9.17) is 9.47 Å². The third-order valence-electron chi connectivity index (χ3n) is 3.19. The van der Waals surface area contributed by atoms with Crippen LogP contribution in [0.15, 0.2) is 30.3 Å². The zero-order valence-corrected chi connectivity index (χ0v) is 14.2. The van der Waals surface area contributed by atoms with Gasteiger partial charge in [0.25, 0.3) is 5.91 Å². The van der Waals surface area contributed by atoms with Crippen LogP contribution < -0.4 is 10.1 Å². The molecule has 2 rings (SSSR count). The smallest absolute Gasteiger partial charge is 0.340 e. The molecule has 2 aromatic rings. The Morgan fingerprint density at radius 3 is 2.74 bits per heavy atom. The molecule has 0 saturated carbocycles. The van der Waals surface area contributed by atoms with Crippen molar-refractivity contribution < 1.29 is 19.1 Å². The summed E-state index contributed by atoms with van der Waals surface area (Å²) < 4.78 is 10.2. The number of hydrogen-bond acceptors (Lipinski definition) is 5. The first-order valence-electron chi connectivity index (χ1n) is 7.23. The van der Waals surface area contributed by atoms with Gasteiger partial charge in [-0.3, -0.25) is 4.79 Å². The van der Waals surface area contributed by atoms with Gasteiger partial charge in [0.15, 0.2) is 6.61 Å². The summed E-state index contributed by atoms with van der Waals surface area (Å²) in [7, 11) is 1.31. The third-order valence-corrected chi connectivity index (χ3v) is 4.16. The van der Waals surface area contributed by atoms with Crippen LogP contribution in [0.1, 0.15) is 27.7 Å². The van der Waals surface area contributed by atoms with Crippen molar-refractivity contribution in [3.05, 3.63) is 46.3 Å². The van der Waals surface area contributed by atoms with Crippen LogP contribution in [0, 0.1) is 6.92 Å². The van der Waals surface area contributed by atoms with Gasteiger partial charge < -0.3 is 14.8 Å². The van der Waals surface area contributed by atoms with E-state index in [0.29, 0.717) is 16.3 Å². The van der Waals surface area contributed by atoms with Gasteiger partial charge in [0, 0.05) is 4.88 Å². The van der Waals surface area contributed by atoms with Crippen LogP contribution in [0.4, 0.5) is 5.00 Å². The maximum absolute atomic E-state index is 12.0. The molecule has 0 unspecified atom stereocenters. The Kier molecular flexibility index (Phi) is 5.76. The van der Waals surface area contributed by atoms with Crippen LogP contribution >= 0.6 is 11.3 Å². The number of aryl methyl sites for hydroxylation is 2. The molecule has 0 fully saturated rings. The molecule has 0 aliphatic carbocycles. The molecule has 1 aromatic heterocycles. The number of nitrogens with one attached hydrogen (secondary N) is 1. The molecule has 23 heavy (non-hydrogen) atoms. The number of methoxy groups -OCH3 is 1. The fourth-order valence-corrected chi connectivity index (χ4v) is 2.95. The number of benzene rings is 1. The Morgan fingerprint density at radius 2 is 2.04 bits per heavy atom. The van der Waals surface area contributed by atoms with Gasteiger partial charge in [-0.25, -0.2) is 4.79 Å². The largest absolute Gasteiger partial charge is 0.484 e. The summed E-state index contributed by atoms with van der Waals surface area (Å²) in [5.74, 6) is -0.143. The summed E-state index contributed by atoms with van der Waals surface area (Å²) in [6.07, 6.45) is 0.903. The molecule has 1 aromatic carbocycles. The molecule has 0 radical (unpaired) electrons. The molecule has 0 spiro atoms. The lowest BCUT2D eigenvalue weighted by molar-refractivity contribution is -0.118. The van der Waals surface area contributed by atoms with Crippen molar-refractivity contribution in [1.82, 2.24) is 0 Å². The van der Waals surface area contributed by atoms with E-state index in [0.717, 1.165) is 16.9 Å². The van der Waals surface area contributed by atoms with E-state index in [1.54, 1.807) is 6.07 Å². The van der Waals surface area contributed by atoms with E-state index < -0.39 is 5.97 Å². The summed E-state index contributed by atoms with van der Waals surface area (Å²) in [6.45, 7) is 3.80. The molecular formula is C17H19NO4S. The number of amides is 1. The number of esters is 1. The molecule has 1 heterocycles. The number of anilines is 1. The van der Waals surface area contributed by atoms with E-state index in [1.165, 1.54) is 18.4 Å². The van der Waals surface area contributed by atoms with E-state index >= 15 is 0 Å². The Morgan fingerprint density at radius 1 is 1.26 bits per heavy atom. The number of carbonyl (C=O) groups is 2. The minimum absolute atomic E-state index is 0.120. The first kappa shape index (κ1) is 17.0. The van der Waals surface area contributed by atoms with Crippen LogP contribution in [0.3, 0.4) is 0 Å². The van der Waals surface area contributed by atoms with Crippen LogP contribution in [0.25, 0.3) is 0 Å². The zero-order valence-electron chi connectivity index (χ0n) is 13.3. The molecule has 5 nitrogen and oxygen atoms in total. The number of carbonyl (C=O) groups excluding carboxylic acids is 2. The second-order valence-electron chi connectivity index (χ2n) is 4.93. The van der Waals surface area contributed by atoms with Crippen molar-refractivity contribution in [2.45, 2.75) is 20.3 Å². The number of thiophene rings is 1. The van der Waals surface area contributed by atoms with E-state index in [1.807, 2.05) is 31.2 Å². The van der Waals surface area contributed by atoms with Gasteiger partial charge in [-0.1, -0.05) is 19.1 Å². The Bertz CT molecular complexity index is 708. The normalized spacial score (nSPS) is 10.2. The molecule has 0 saturated heterocycles. The van der Waals surface area contributed by atoms with Crippen molar-refractivity contribution in [2.24, 2.45) is 0 Å². The van der Waals surface area contributed by atoms with E-state index in [-0.39, 0.29) is 12.5 Å². The lowest BCUT2D eigenvalue weighted by Crippen LogP contribution is -2.20. The average Bonchev–Trinajstić information content (AvgIpc) is 2.92. The third kappa shape index (κ3) is 4.56. The molecular weight excluding hydrogens is 314 g/mol. The minimum atomic E-state index is -0.471. The highest BCUT2D eigenvalue weighted by Gasteiger charge is 2.17. The van der Waals surface area contributed by atoms with Gasteiger partial charge in [0.2, 0.25) is 0 Å². The highest BCUT2D eigenvalue weighted by atomic mass is 32.1. The minimum Gasteiger partial charge on any atom is -0.484 e. The second kappa shape index (κ2) is 7.78. The monoisotopic (exact) mass is 333 g/mol. The van der Waals surface area contributed by atoms with Crippen LogP contribution in [0.5, 0.6) is 5.75 Å². The van der Waals surface area contributed by atoms with Crippen molar-refractivity contribution in [2.75, 3.05) is 19.0 Å². The lowest BCUT2D eigenvalue weighted by atomic mass is 10.2. The quantitative estimate of drug-likeness (QED) is 0.823. The molecule has 1 amide bonds. The predicted octanol–water partition coefficient (Wildman–Crippen LogP) is 3.42. The lowest BCUT2D eigenvalue weighted by Gasteiger charge is -2.08. The number of hydrogen-bond donors (Lipinski definition) is 1. The zero-order chi connectivity index (χ0) is 16.8. The number of ether oxygens (including phenoxy) is 2. The summed E-state index contributed by atoms with van der Waals surface area (Å²) in [5.41, 5.74) is 1.50. The molecule has 122 valence electrons. The predicted molar refractivity (Wildman–Crippen MR) is 90.3 cm³/mol. The first-order valence-corrected chi connectivity index (χ1v) is 8.05. The molecule has 1 N–H and O–H groups in total. The van der Waals surface area contributed by atoms with Crippen LogP contribution in [0.2, 0.25) is 0 Å². The van der Waals surface area contributed by atoms with Gasteiger partial charge in [0.1, 0.15) is 10.8 Å². The van der Waals surface area contributed by atoms with Crippen molar-refractivity contribution >= 4 is 28.2 Å². The highest BCUT2D eigenvalue weighted by molar-refractivity contribution is 7.16. The van der Waals surface area contributed by atoms with Crippen molar-refractivity contribution in [3.8, 4) is 5.75 Å². The molecule has 6 heteroatoms. The Balaban J connectivity index is 1.98. The maximum Gasteiger partial charge on any atom is 0.340 e. The maximum atomic E-state index is 12.0. The van der Waals surface area contributed by atoms with Gasteiger partial charge >= 0.3 is 5.97 Å². The fourth-order valence-electron chi connectivity index (χ4n) is 2.04. The molecule has 0 bridgehead atoms. The topological polar surface area (TPSA) is 64.6 Å². The second-order valence-corrected chi connectivity index (χ2v) is 6.19. The molecule has 0 aliphatic rings. The summed E-state index contributed by atoms with van der Waals surface area (Å²) in [6, 6.07) is 9.30. The SMILES string of the molecule is CCc1cccc(OCC(=O)Nc2sc(C)cc2C(=O)OC)c1. The highest BCUT2D eigenvalue weighted by Crippen LogP contribution is 2.28. The number of rotatable bonds is 6. The summed E-state index contributed by atoms with van der Waals surface area (Å²) in [4.78, 5) is 24.6. The van der Waals surface area contributed by atoms with Crippen molar-refractivity contribution in [3.63, 3.8) is 0 Å². The standard InChI is InChI=1S/C17H19NO4S/c1-4-12-6-5-7-13(9-12)22-10-15(19)18-16-14(17(20)21-3)8-11(2)23-16/h5-9H,4,10H2,1-3H3,(H,18,19). The van der Waals surface area contributed by atoms with Crippen molar-refractivity contribution in [1.29, 1.82) is 0 Å². The van der Waals surface area contributed by atoms with E-state index in [2.05, 4.69) is 12.2 Å². The average molecular weight is 333 g/mol. The van der Waals surface area contributed by atoms with Crippen LogP contribution in [-0.4, -0.2) is 25.6 Å². The molecule has 0 aliphatic heterocycles. The Hall–Kier alpha value is -2.34. The van der Waals surface area contributed by atoms with Gasteiger partial charge in [0.05, 0.1) is 12.7 Å². The summed E-state index contributed by atoms with van der Waals surface area (Å²) in [5, 5.41) is 3.18. The first-order chi connectivity index (χ1) is 11.0. The van der Waals surface area contributed by atoms with Crippen LogP contribution in [-0.2, 0) is 16.0 Å².